The van der Waals surface area contributed by atoms with E-state index >= 15 is 0 Å². The van der Waals surface area contributed by atoms with Gasteiger partial charge < -0.3 is 11.1 Å². The smallest absolute Gasteiger partial charge is 0.203 e. The molecule has 1 heterocycles. The van der Waals surface area contributed by atoms with E-state index in [0.29, 0.717) is 6.54 Å². The third-order valence-corrected chi connectivity index (χ3v) is 4.30. The molecule has 0 aliphatic heterocycles. The van der Waals surface area contributed by atoms with Gasteiger partial charge in [0.2, 0.25) is 5.13 Å². The maximum atomic E-state index is 5.97. The average molecular weight is 268 g/mol. The minimum atomic E-state index is 0.0128. The molecule has 3 N–H and O–H groups in total. The molecule has 1 aliphatic carbocycles. The fraction of sp³-hybridized carbons (Fsp3) is 0.846. The summed E-state index contributed by atoms with van der Waals surface area (Å²) in [5.74, 6) is 0.915. The average Bonchev–Trinajstić information content (AvgIpc) is 2.78. The number of aromatic nitrogens is 2. The van der Waals surface area contributed by atoms with Gasteiger partial charge in [-0.2, -0.15) is 4.37 Å². The van der Waals surface area contributed by atoms with E-state index in [2.05, 4.69) is 35.4 Å². The van der Waals surface area contributed by atoms with Crippen LogP contribution in [0, 0.1) is 0 Å². The van der Waals surface area contributed by atoms with Gasteiger partial charge in [-0.15, -0.1) is 0 Å². The molecule has 0 radical (unpaired) electrons. The van der Waals surface area contributed by atoms with Gasteiger partial charge in [-0.05, 0) is 12.8 Å². The lowest BCUT2D eigenvalue weighted by atomic mass is 9.82. The summed E-state index contributed by atoms with van der Waals surface area (Å²) in [6.45, 7) is 7.09. The Morgan fingerprint density at radius 2 is 1.94 bits per heavy atom. The number of nitrogens with one attached hydrogen (secondary N) is 1. The second kappa shape index (κ2) is 5.13. The van der Waals surface area contributed by atoms with Crippen LogP contribution in [0.3, 0.4) is 0 Å². The first-order valence-corrected chi connectivity index (χ1v) is 7.55. The van der Waals surface area contributed by atoms with E-state index in [1.165, 1.54) is 30.8 Å². The lowest BCUT2D eigenvalue weighted by Gasteiger charge is -2.36. The maximum absolute atomic E-state index is 5.97. The molecule has 102 valence electrons. The van der Waals surface area contributed by atoms with Gasteiger partial charge in [0.1, 0.15) is 5.82 Å². The zero-order chi connectivity index (χ0) is 13.2. The first-order chi connectivity index (χ1) is 8.45. The summed E-state index contributed by atoms with van der Waals surface area (Å²) < 4.78 is 4.45. The molecule has 0 atom stereocenters. The zero-order valence-electron chi connectivity index (χ0n) is 11.6. The highest BCUT2D eigenvalue weighted by molar-refractivity contribution is 7.09. The highest BCUT2D eigenvalue weighted by Crippen LogP contribution is 2.32. The third kappa shape index (κ3) is 3.01. The van der Waals surface area contributed by atoms with Gasteiger partial charge in [-0.25, -0.2) is 4.98 Å². The van der Waals surface area contributed by atoms with E-state index in [-0.39, 0.29) is 11.0 Å². The van der Waals surface area contributed by atoms with Crippen LogP contribution in [0.15, 0.2) is 0 Å². The second-order valence-corrected chi connectivity index (χ2v) is 7.10. The van der Waals surface area contributed by atoms with Crippen LogP contribution in [0.4, 0.5) is 5.13 Å². The highest BCUT2D eigenvalue weighted by atomic mass is 32.1. The predicted octanol–water partition coefficient (Wildman–Crippen LogP) is 2.91. The summed E-state index contributed by atoms with van der Waals surface area (Å²) in [6, 6.07) is 0. The molecule has 2 rings (SSSR count). The molecule has 4 nitrogen and oxygen atoms in total. The summed E-state index contributed by atoms with van der Waals surface area (Å²) >= 11 is 1.46. The minimum Gasteiger partial charge on any atom is -0.354 e. The molecule has 1 fully saturated rings. The Hall–Kier alpha value is -0.680. The summed E-state index contributed by atoms with van der Waals surface area (Å²) in [6.07, 6.45) is 6.14. The topological polar surface area (TPSA) is 63.8 Å². The lowest BCUT2D eigenvalue weighted by molar-refractivity contribution is 0.331. The van der Waals surface area contributed by atoms with Crippen LogP contribution in [-0.2, 0) is 5.41 Å². The first-order valence-electron chi connectivity index (χ1n) is 6.78. The van der Waals surface area contributed by atoms with Crippen LogP contribution in [-0.4, -0.2) is 21.4 Å². The van der Waals surface area contributed by atoms with E-state index in [4.69, 9.17) is 5.73 Å². The number of rotatable bonds is 3. The first kappa shape index (κ1) is 13.7. The van der Waals surface area contributed by atoms with E-state index in [0.717, 1.165) is 23.8 Å². The van der Waals surface area contributed by atoms with Crippen LogP contribution >= 0.6 is 11.5 Å². The van der Waals surface area contributed by atoms with Crippen LogP contribution in [0.2, 0.25) is 0 Å². The minimum absolute atomic E-state index is 0.0128. The molecular formula is C13H24N4S. The van der Waals surface area contributed by atoms with Gasteiger partial charge in [0.15, 0.2) is 0 Å². The van der Waals surface area contributed by atoms with Crippen molar-refractivity contribution >= 4 is 16.7 Å². The van der Waals surface area contributed by atoms with Crippen LogP contribution in [0.5, 0.6) is 0 Å². The molecule has 1 aromatic rings. The van der Waals surface area contributed by atoms with Gasteiger partial charge in [0.05, 0.1) is 5.54 Å². The molecule has 1 aliphatic rings. The number of nitrogens with two attached hydrogens (primary N) is 1. The molecule has 0 saturated heterocycles. The number of hydrogen-bond acceptors (Lipinski definition) is 5. The summed E-state index contributed by atoms with van der Waals surface area (Å²) in [4.78, 5) is 4.61. The summed E-state index contributed by atoms with van der Waals surface area (Å²) in [5, 5.41) is 4.48. The number of hydrogen-bond donors (Lipinski definition) is 2. The SMILES string of the molecule is CC(C)(C)c1nsc(NC2(CN)CCCCC2)n1. The third-order valence-electron chi connectivity index (χ3n) is 3.67. The van der Waals surface area contributed by atoms with Crippen molar-refractivity contribution in [3.8, 4) is 0 Å². The molecule has 0 amide bonds. The van der Waals surface area contributed by atoms with Crippen LogP contribution in [0.1, 0.15) is 58.7 Å². The standard InChI is InChI=1S/C13H24N4S/c1-12(2,3)10-15-11(18-17-10)16-13(9-14)7-5-4-6-8-13/h4-9,14H2,1-3H3,(H,15,16,17). The molecule has 0 spiro atoms. The number of anilines is 1. The van der Waals surface area contributed by atoms with Crippen molar-refractivity contribution in [2.75, 3.05) is 11.9 Å². The van der Waals surface area contributed by atoms with Crippen LogP contribution < -0.4 is 11.1 Å². The number of nitrogens with zero attached hydrogens (tertiary/aromatic N) is 2. The van der Waals surface area contributed by atoms with Crippen molar-refractivity contribution in [2.45, 2.75) is 63.8 Å². The highest BCUT2D eigenvalue weighted by Gasteiger charge is 2.32. The van der Waals surface area contributed by atoms with Crippen molar-refractivity contribution in [1.29, 1.82) is 0 Å². The Labute approximate surface area is 114 Å². The van der Waals surface area contributed by atoms with Crippen molar-refractivity contribution in [3.05, 3.63) is 5.82 Å². The molecule has 1 saturated carbocycles. The Kier molecular flexibility index (Phi) is 3.92. The molecule has 0 aromatic carbocycles. The lowest BCUT2D eigenvalue weighted by Crippen LogP contribution is -2.47. The Morgan fingerprint density at radius 3 is 2.44 bits per heavy atom. The zero-order valence-corrected chi connectivity index (χ0v) is 12.4. The molecule has 5 heteroatoms. The Balaban J connectivity index is 2.10. The van der Waals surface area contributed by atoms with Gasteiger partial charge in [-0.3, -0.25) is 0 Å². The van der Waals surface area contributed by atoms with Gasteiger partial charge >= 0.3 is 0 Å². The monoisotopic (exact) mass is 268 g/mol. The fourth-order valence-corrected chi connectivity index (χ4v) is 3.29. The predicted molar refractivity (Wildman–Crippen MR) is 77.1 cm³/mol. The van der Waals surface area contributed by atoms with Gasteiger partial charge in [0.25, 0.3) is 0 Å². The van der Waals surface area contributed by atoms with Crippen molar-refractivity contribution in [1.82, 2.24) is 9.36 Å². The molecular weight excluding hydrogens is 244 g/mol. The van der Waals surface area contributed by atoms with E-state index < -0.39 is 0 Å². The normalized spacial score (nSPS) is 19.8. The quantitative estimate of drug-likeness (QED) is 0.884. The molecule has 1 aromatic heterocycles. The van der Waals surface area contributed by atoms with Crippen molar-refractivity contribution in [3.63, 3.8) is 0 Å². The molecule has 18 heavy (non-hydrogen) atoms. The van der Waals surface area contributed by atoms with Crippen molar-refractivity contribution in [2.24, 2.45) is 5.73 Å². The van der Waals surface area contributed by atoms with E-state index in [1.54, 1.807) is 0 Å². The van der Waals surface area contributed by atoms with E-state index in [1.807, 2.05) is 0 Å². The van der Waals surface area contributed by atoms with Gasteiger partial charge in [-0.1, -0.05) is 40.0 Å². The second-order valence-electron chi connectivity index (χ2n) is 6.34. The van der Waals surface area contributed by atoms with Gasteiger partial charge in [0, 0.05) is 23.5 Å². The molecule has 0 bridgehead atoms. The Morgan fingerprint density at radius 1 is 1.28 bits per heavy atom. The summed E-state index contributed by atoms with van der Waals surface area (Å²) in [5.41, 5.74) is 6.03. The maximum Gasteiger partial charge on any atom is 0.203 e. The van der Waals surface area contributed by atoms with Crippen molar-refractivity contribution < 1.29 is 0 Å². The molecule has 0 unspecified atom stereocenters. The largest absolute Gasteiger partial charge is 0.354 e. The van der Waals surface area contributed by atoms with Crippen LogP contribution in [0.25, 0.3) is 0 Å². The summed E-state index contributed by atoms with van der Waals surface area (Å²) in [7, 11) is 0. The fourth-order valence-electron chi connectivity index (χ4n) is 2.41. The van der Waals surface area contributed by atoms with E-state index in [9.17, 15) is 0 Å². The Bertz CT molecular complexity index is 388.